The molecule has 0 amide bonds. The van der Waals surface area contributed by atoms with Gasteiger partial charge in [-0.1, -0.05) is 103 Å². The topological polar surface area (TPSA) is 18.5 Å². The van der Waals surface area contributed by atoms with E-state index in [0.29, 0.717) is 13.2 Å². The zero-order valence-electron chi connectivity index (χ0n) is 27.9. The van der Waals surface area contributed by atoms with Gasteiger partial charge in [-0.3, -0.25) is 0 Å². The van der Waals surface area contributed by atoms with Gasteiger partial charge in [0.05, 0.1) is 12.2 Å². The van der Waals surface area contributed by atoms with Gasteiger partial charge in [-0.2, -0.15) is 0 Å². The van der Waals surface area contributed by atoms with E-state index in [0.717, 1.165) is 12.2 Å². The summed E-state index contributed by atoms with van der Waals surface area (Å²) in [5, 5.41) is 13.4. The van der Waals surface area contributed by atoms with E-state index < -0.39 is 0 Å². The third-order valence-corrected chi connectivity index (χ3v) is 11.5. The fraction of sp³-hybridized carbons (Fsp3) is 0.149. The molecule has 234 valence electrons. The van der Waals surface area contributed by atoms with Gasteiger partial charge in [-0.25, -0.2) is 0 Å². The zero-order valence-corrected chi connectivity index (χ0v) is 27.9. The maximum absolute atomic E-state index is 6.22. The van der Waals surface area contributed by atoms with Gasteiger partial charge in [0.2, 0.25) is 0 Å². The van der Waals surface area contributed by atoms with Crippen LogP contribution in [0.25, 0.3) is 98.4 Å². The number of fused-ring (bicyclic) bond motifs is 7. The summed E-state index contributed by atoms with van der Waals surface area (Å²) in [6.07, 6.45) is 5.45. The molecule has 1 unspecified atom stereocenters. The van der Waals surface area contributed by atoms with E-state index in [9.17, 15) is 0 Å². The number of hydrogen-bond donors (Lipinski definition) is 0. The van der Waals surface area contributed by atoms with Crippen molar-refractivity contribution >= 4 is 65.0 Å². The Kier molecular flexibility index (Phi) is 5.38. The lowest BCUT2D eigenvalue weighted by Crippen LogP contribution is -2.28. The summed E-state index contributed by atoms with van der Waals surface area (Å²) in [5.74, 6) is 0.931. The van der Waals surface area contributed by atoms with E-state index >= 15 is 0 Å². The van der Waals surface area contributed by atoms with Crippen LogP contribution in [0.3, 0.4) is 0 Å². The first kappa shape index (κ1) is 27.5. The Labute approximate surface area is 285 Å². The molecule has 11 rings (SSSR count). The largest absolute Gasteiger partial charge is 0.494 e. The van der Waals surface area contributed by atoms with Crippen LogP contribution in [-0.4, -0.2) is 18.8 Å². The predicted octanol–water partition coefficient (Wildman–Crippen LogP) is 12.6. The summed E-state index contributed by atoms with van der Waals surface area (Å²) in [6, 6.07) is 39.2. The minimum Gasteiger partial charge on any atom is -0.494 e. The monoisotopic (exact) mass is 630 g/mol. The number of allylic oxidation sites excluding steroid dienone is 2. The minimum absolute atomic E-state index is 0.272. The smallest absolute Gasteiger partial charge is 0.119 e. The maximum atomic E-state index is 6.22. The quantitative estimate of drug-likeness (QED) is 0.139. The highest BCUT2D eigenvalue weighted by Crippen LogP contribution is 2.54. The van der Waals surface area contributed by atoms with Gasteiger partial charge in [0.1, 0.15) is 5.75 Å². The second-order valence-corrected chi connectivity index (χ2v) is 14.1. The molecule has 0 saturated carbocycles. The van der Waals surface area contributed by atoms with Gasteiger partial charge in [0.25, 0.3) is 0 Å². The Morgan fingerprint density at radius 1 is 0.510 bits per heavy atom. The zero-order chi connectivity index (χ0) is 32.6. The van der Waals surface area contributed by atoms with Crippen LogP contribution in [0, 0.1) is 0 Å². The second-order valence-electron chi connectivity index (χ2n) is 14.1. The number of ether oxygens (including phenoxy) is 2. The Morgan fingerprint density at radius 3 is 1.90 bits per heavy atom. The first-order valence-corrected chi connectivity index (χ1v) is 17.6. The van der Waals surface area contributed by atoms with Crippen LogP contribution in [-0.2, 0) is 4.74 Å². The molecular formula is C47H34O2. The molecule has 1 atom stereocenters. The molecule has 2 heteroatoms. The van der Waals surface area contributed by atoms with E-state index in [1.54, 1.807) is 0 Å². The van der Waals surface area contributed by atoms with E-state index in [2.05, 4.69) is 129 Å². The highest BCUT2D eigenvalue weighted by molar-refractivity contribution is 6.38. The number of benzene rings is 8. The summed E-state index contributed by atoms with van der Waals surface area (Å²) in [6.45, 7) is 7.71. The highest BCUT2D eigenvalue weighted by atomic mass is 16.5. The van der Waals surface area contributed by atoms with Gasteiger partial charge in [-0.05, 0) is 142 Å². The average molecular weight is 631 g/mol. The lowest BCUT2D eigenvalue weighted by Gasteiger charge is -2.30. The molecule has 0 aliphatic heterocycles. The van der Waals surface area contributed by atoms with E-state index in [1.807, 2.05) is 6.92 Å². The fourth-order valence-corrected chi connectivity index (χ4v) is 9.63. The maximum Gasteiger partial charge on any atom is 0.119 e. The van der Waals surface area contributed by atoms with Crippen molar-refractivity contribution in [3.63, 3.8) is 0 Å². The highest BCUT2D eigenvalue weighted by Gasteiger charge is 2.34. The van der Waals surface area contributed by atoms with Crippen molar-refractivity contribution < 1.29 is 9.47 Å². The molecule has 8 aromatic rings. The van der Waals surface area contributed by atoms with Gasteiger partial charge < -0.3 is 9.47 Å². The van der Waals surface area contributed by atoms with Crippen LogP contribution >= 0.6 is 0 Å². The third-order valence-electron chi connectivity index (χ3n) is 11.5. The van der Waals surface area contributed by atoms with E-state index in [-0.39, 0.29) is 5.60 Å². The van der Waals surface area contributed by atoms with Gasteiger partial charge in [0, 0.05) is 13.0 Å². The lowest BCUT2D eigenvalue weighted by molar-refractivity contribution is 0.0174. The van der Waals surface area contributed by atoms with Crippen LogP contribution in [0.5, 0.6) is 5.75 Å². The molecule has 0 saturated heterocycles. The second kappa shape index (κ2) is 9.59. The molecule has 2 nitrogen and oxygen atoms in total. The van der Waals surface area contributed by atoms with Crippen molar-refractivity contribution in [2.24, 2.45) is 0 Å². The molecule has 3 aliphatic rings. The standard InChI is InChI=1S/C47H34O2/c1-4-48-26-12-13-29-36-18-19-39-37-17-15-28(31-8-6-10-33(43(31)37)38-20-21-40(41(29)24-26)45(36)46(38)39)27-14-16-35-30-22-23-47(3,49-5-2)25-42(30)34-11-7-9-32(27)44(34)35/h6-24H,4-5,25H2,1-3H3. The summed E-state index contributed by atoms with van der Waals surface area (Å²) in [4.78, 5) is 0. The first-order chi connectivity index (χ1) is 24.1. The molecule has 49 heavy (non-hydrogen) atoms. The third kappa shape index (κ3) is 3.49. The molecule has 0 radical (unpaired) electrons. The van der Waals surface area contributed by atoms with Crippen LogP contribution in [0.4, 0.5) is 0 Å². The number of hydrogen-bond acceptors (Lipinski definition) is 2. The van der Waals surface area contributed by atoms with Crippen LogP contribution in [0.2, 0.25) is 0 Å². The van der Waals surface area contributed by atoms with Crippen molar-refractivity contribution in [3.8, 4) is 39.1 Å². The van der Waals surface area contributed by atoms with Crippen molar-refractivity contribution in [1.82, 2.24) is 0 Å². The van der Waals surface area contributed by atoms with Gasteiger partial charge in [-0.15, -0.1) is 0 Å². The lowest BCUT2D eigenvalue weighted by atomic mass is 9.85. The summed E-state index contributed by atoms with van der Waals surface area (Å²) >= 11 is 0. The van der Waals surface area contributed by atoms with E-state index in [1.165, 1.54) is 110 Å². The Morgan fingerprint density at radius 2 is 1.12 bits per heavy atom. The molecule has 0 N–H and O–H groups in total. The van der Waals surface area contributed by atoms with Crippen LogP contribution < -0.4 is 4.74 Å². The van der Waals surface area contributed by atoms with Crippen molar-refractivity contribution in [2.75, 3.05) is 13.2 Å². The Bertz CT molecular complexity index is 2810. The van der Waals surface area contributed by atoms with Gasteiger partial charge in [0.15, 0.2) is 0 Å². The Hall–Kier alpha value is -5.44. The molecule has 0 bridgehead atoms. The van der Waals surface area contributed by atoms with Crippen molar-refractivity contribution in [2.45, 2.75) is 32.8 Å². The van der Waals surface area contributed by atoms with Crippen molar-refractivity contribution in [3.05, 3.63) is 126 Å². The summed E-state index contributed by atoms with van der Waals surface area (Å²) < 4.78 is 12.1. The minimum atomic E-state index is -0.272. The number of rotatable bonds is 5. The summed E-state index contributed by atoms with van der Waals surface area (Å²) in [7, 11) is 0. The van der Waals surface area contributed by atoms with Crippen LogP contribution in [0.1, 0.15) is 38.3 Å². The normalized spacial score (nSPS) is 17.4. The predicted molar refractivity (Wildman–Crippen MR) is 207 cm³/mol. The summed E-state index contributed by atoms with van der Waals surface area (Å²) in [5.41, 5.74) is 13.0. The molecule has 0 aromatic heterocycles. The molecule has 0 fully saturated rings. The Balaban J connectivity index is 1.14. The molecule has 8 aromatic carbocycles. The molecule has 0 spiro atoms. The average Bonchev–Trinajstić information content (AvgIpc) is 3.62. The van der Waals surface area contributed by atoms with Crippen molar-refractivity contribution in [1.29, 1.82) is 0 Å². The molecule has 3 aliphatic carbocycles. The van der Waals surface area contributed by atoms with Gasteiger partial charge >= 0.3 is 0 Å². The molecule has 0 heterocycles. The fourth-order valence-electron chi connectivity index (χ4n) is 9.63. The first-order valence-electron chi connectivity index (χ1n) is 17.6. The van der Waals surface area contributed by atoms with E-state index in [4.69, 9.17) is 9.47 Å². The SMILES string of the molecule is CCOc1ccc2c(c1)-c1ccc3c4cccc5c(-c6ccc7c8c(cccc68)C6=C7C=CC(C)(OCC)C6)ccc(c6ccc-2c1c36)c54. The van der Waals surface area contributed by atoms with Crippen LogP contribution in [0.15, 0.2) is 115 Å². The molecular weight excluding hydrogens is 597 g/mol.